The molecule has 0 saturated carbocycles. The molecule has 0 saturated heterocycles. The molecule has 0 radical (unpaired) electrons. The molecule has 0 atom stereocenters. The lowest BCUT2D eigenvalue weighted by Crippen LogP contribution is -2.18. The Hall–Kier alpha value is -5.08. The van der Waals surface area contributed by atoms with Gasteiger partial charge in [-0.25, -0.2) is 0 Å². The van der Waals surface area contributed by atoms with Crippen molar-refractivity contribution in [2.24, 2.45) is 0 Å². The molecule has 212 valence electrons. The fraction of sp³-hybridized carbons (Fsp3) is 0.143. The molecule has 2 nitrogen and oxygen atoms in total. The van der Waals surface area contributed by atoms with Crippen LogP contribution in [0, 0.1) is 0 Å². The van der Waals surface area contributed by atoms with Crippen molar-refractivity contribution in [3.8, 4) is 22.3 Å². The monoisotopic (exact) mass is 567 g/mol. The molecular formula is C42H33NO. The van der Waals surface area contributed by atoms with Crippen molar-refractivity contribution in [3.05, 3.63) is 150 Å². The second-order valence-corrected chi connectivity index (χ2v) is 13.4. The fourth-order valence-electron chi connectivity index (χ4n) is 7.94. The van der Waals surface area contributed by atoms with E-state index in [1.807, 2.05) is 6.07 Å². The van der Waals surface area contributed by atoms with E-state index in [4.69, 9.17) is 4.42 Å². The van der Waals surface area contributed by atoms with E-state index >= 15 is 0 Å². The van der Waals surface area contributed by atoms with Crippen LogP contribution in [-0.4, -0.2) is 0 Å². The number of fused-ring (bicyclic) bond motifs is 9. The van der Waals surface area contributed by atoms with Crippen LogP contribution in [0.15, 0.2) is 132 Å². The first-order valence-corrected chi connectivity index (χ1v) is 15.5. The minimum atomic E-state index is -0.169. The van der Waals surface area contributed by atoms with Crippen molar-refractivity contribution >= 4 is 39.0 Å². The Bertz CT molecular complexity index is 2290. The Kier molecular flexibility index (Phi) is 5.05. The average molecular weight is 568 g/mol. The zero-order valence-electron chi connectivity index (χ0n) is 25.5. The van der Waals surface area contributed by atoms with Gasteiger partial charge in [-0.05, 0) is 99.1 Å². The summed E-state index contributed by atoms with van der Waals surface area (Å²) in [5.74, 6) is 0. The third-order valence-electron chi connectivity index (χ3n) is 10.3. The number of hydrogen-bond donors (Lipinski definition) is 0. The van der Waals surface area contributed by atoms with Gasteiger partial charge in [-0.3, -0.25) is 0 Å². The van der Waals surface area contributed by atoms with Gasteiger partial charge in [0.1, 0.15) is 11.2 Å². The molecule has 1 heterocycles. The van der Waals surface area contributed by atoms with Crippen LogP contribution in [0.3, 0.4) is 0 Å². The molecule has 2 aliphatic rings. The molecule has 0 amide bonds. The molecule has 7 aromatic rings. The van der Waals surface area contributed by atoms with E-state index in [-0.39, 0.29) is 10.8 Å². The minimum Gasteiger partial charge on any atom is -0.456 e. The van der Waals surface area contributed by atoms with E-state index in [1.165, 1.54) is 66.7 Å². The topological polar surface area (TPSA) is 16.4 Å². The standard InChI is InChI=1S/C42H33NO/c1-41(2)35-16-10-8-14-29(35)30-20-18-27(22-36(30)41)43(26-12-6-5-7-13-26)28-19-21-31-33-24-34-32-15-9-11-17-39(32)44-40(34)25-38(33)42(3,4)37(31)23-28/h5-25H,1-4H3. The van der Waals surface area contributed by atoms with Gasteiger partial charge >= 0.3 is 0 Å². The lowest BCUT2D eigenvalue weighted by molar-refractivity contribution is 0.647. The smallest absolute Gasteiger partial charge is 0.135 e. The number of anilines is 3. The van der Waals surface area contributed by atoms with Gasteiger partial charge < -0.3 is 9.32 Å². The Balaban J connectivity index is 1.22. The zero-order valence-corrected chi connectivity index (χ0v) is 25.5. The summed E-state index contributed by atoms with van der Waals surface area (Å²) >= 11 is 0. The maximum absolute atomic E-state index is 6.32. The highest BCUT2D eigenvalue weighted by Gasteiger charge is 2.38. The Morgan fingerprint density at radius 3 is 1.73 bits per heavy atom. The van der Waals surface area contributed by atoms with Gasteiger partial charge in [0.25, 0.3) is 0 Å². The van der Waals surface area contributed by atoms with Gasteiger partial charge in [0.15, 0.2) is 0 Å². The first-order valence-electron chi connectivity index (χ1n) is 15.5. The summed E-state index contributed by atoms with van der Waals surface area (Å²) in [6, 6.07) is 46.6. The summed E-state index contributed by atoms with van der Waals surface area (Å²) in [6.45, 7) is 9.39. The van der Waals surface area contributed by atoms with E-state index in [0.29, 0.717) is 0 Å². The van der Waals surface area contributed by atoms with Gasteiger partial charge in [-0.1, -0.05) is 100 Å². The quantitative estimate of drug-likeness (QED) is 0.211. The summed E-state index contributed by atoms with van der Waals surface area (Å²) in [7, 11) is 0. The summed E-state index contributed by atoms with van der Waals surface area (Å²) in [5, 5.41) is 2.35. The number of rotatable bonds is 3. The van der Waals surface area contributed by atoms with E-state index in [0.717, 1.165) is 16.9 Å². The lowest BCUT2D eigenvalue weighted by Gasteiger charge is -2.29. The normalized spacial score (nSPS) is 15.2. The van der Waals surface area contributed by atoms with Gasteiger partial charge in [0.05, 0.1) is 0 Å². The number of furan rings is 1. The molecule has 2 aliphatic carbocycles. The molecule has 0 aliphatic heterocycles. The number of hydrogen-bond acceptors (Lipinski definition) is 2. The fourth-order valence-corrected chi connectivity index (χ4v) is 7.94. The SMILES string of the molecule is CC1(C)c2ccccc2-c2ccc(N(c3ccccc3)c3ccc4c(c3)C(C)(C)c3cc5oc6ccccc6c5cc3-4)cc21. The van der Waals surface area contributed by atoms with Gasteiger partial charge in [0.2, 0.25) is 0 Å². The van der Waals surface area contributed by atoms with Crippen molar-refractivity contribution in [2.45, 2.75) is 38.5 Å². The third-order valence-corrected chi connectivity index (χ3v) is 10.3. The maximum atomic E-state index is 6.32. The molecule has 0 N–H and O–H groups in total. The van der Waals surface area contributed by atoms with Crippen LogP contribution in [-0.2, 0) is 10.8 Å². The van der Waals surface area contributed by atoms with E-state index in [2.05, 4.69) is 154 Å². The van der Waals surface area contributed by atoms with Gasteiger partial charge in [-0.2, -0.15) is 0 Å². The Morgan fingerprint density at radius 2 is 0.977 bits per heavy atom. The Morgan fingerprint density at radius 1 is 0.409 bits per heavy atom. The maximum Gasteiger partial charge on any atom is 0.135 e. The molecule has 0 unspecified atom stereocenters. The highest BCUT2D eigenvalue weighted by molar-refractivity contribution is 6.07. The van der Waals surface area contributed by atoms with E-state index in [9.17, 15) is 0 Å². The van der Waals surface area contributed by atoms with E-state index in [1.54, 1.807) is 0 Å². The molecule has 0 spiro atoms. The number of benzene rings is 6. The zero-order chi connectivity index (χ0) is 29.8. The minimum absolute atomic E-state index is 0.0625. The summed E-state index contributed by atoms with van der Waals surface area (Å²) in [6.07, 6.45) is 0. The first-order chi connectivity index (χ1) is 21.3. The molecule has 0 fully saturated rings. The van der Waals surface area contributed by atoms with Gasteiger partial charge in [-0.15, -0.1) is 0 Å². The molecule has 6 aromatic carbocycles. The molecule has 44 heavy (non-hydrogen) atoms. The summed E-state index contributed by atoms with van der Waals surface area (Å²) in [4.78, 5) is 2.41. The van der Waals surface area contributed by atoms with Crippen LogP contribution in [0.5, 0.6) is 0 Å². The van der Waals surface area contributed by atoms with Crippen LogP contribution in [0.1, 0.15) is 49.9 Å². The molecule has 2 heteroatoms. The van der Waals surface area contributed by atoms with Gasteiger partial charge in [0, 0.05) is 38.7 Å². The van der Waals surface area contributed by atoms with Crippen LogP contribution < -0.4 is 4.90 Å². The van der Waals surface area contributed by atoms with E-state index < -0.39 is 0 Å². The predicted octanol–water partition coefficient (Wildman–Crippen LogP) is 11.7. The first kappa shape index (κ1) is 25.4. The number of nitrogens with zero attached hydrogens (tertiary/aromatic N) is 1. The largest absolute Gasteiger partial charge is 0.456 e. The molecule has 0 bridgehead atoms. The lowest BCUT2D eigenvalue weighted by atomic mass is 9.82. The second kappa shape index (κ2) is 8.74. The second-order valence-electron chi connectivity index (χ2n) is 13.4. The highest BCUT2D eigenvalue weighted by atomic mass is 16.3. The highest BCUT2D eigenvalue weighted by Crippen LogP contribution is 2.54. The van der Waals surface area contributed by atoms with Crippen molar-refractivity contribution in [3.63, 3.8) is 0 Å². The van der Waals surface area contributed by atoms with Crippen molar-refractivity contribution in [2.75, 3.05) is 4.90 Å². The number of para-hydroxylation sites is 2. The molecule has 9 rings (SSSR count). The van der Waals surface area contributed by atoms with Crippen LogP contribution in [0.2, 0.25) is 0 Å². The Labute approximate surface area is 258 Å². The molecular weight excluding hydrogens is 534 g/mol. The third kappa shape index (κ3) is 3.37. The average Bonchev–Trinajstić information content (AvgIpc) is 3.60. The van der Waals surface area contributed by atoms with Crippen molar-refractivity contribution < 1.29 is 4.42 Å². The van der Waals surface area contributed by atoms with Crippen LogP contribution in [0.4, 0.5) is 17.1 Å². The van der Waals surface area contributed by atoms with Crippen molar-refractivity contribution in [1.82, 2.24) is 0 Å². The predicted molar refractivity (Wildman–Crippen MR) is 184 cm³/mol. The van der Waals surface area contributed by atoms with Crippen LogP contribution in [0.25, 0.3) is 44.2 Å². The summed E-state index contributed by atoms with van der Waals surface area (Å²) in [5.41, 5.74) is 15.9. The molecule has 1 aromatic heterocycles. The van der Waals surface area contributed by atoms with Crippen molar-refractivity contribution in [1.29, 1.82) is 0 Å². The summed E-state index contributed by atoms with van der Waals surface area (Å²) < 4.78 is 6.32. The van der Waals surface area contributed by atoms with Crippen LogP contribution >= 0.6 is 0 Å².